The maximum atomic E-state index is 13.1. The summed E-state index contributed by atoms with van der Waals surface area (Å²) in [6, 6.07) is 9.85. The van der Waals surface area contributed by atoms with Crippen LogP contribution < -0.4 is 9.47 Å². The van der Waals surface area contributed by atoms with E-state index in [-0.39, 0.29) is 16.7 Å². The first-order valence-electron chi connectivity index (χ1n) is 9.31. The number of hydrogen-bond acceptors (Lipinski definition) is 7. The van der Waals surface area contributed by atoms with Crippen LogP contribution in [0.5, 0.6) is 11.6 Å². The second-order valence-electron chi connectivity index (χ2n) is 6.70. The zero-order valence-corrected chi connectivity index (χ0v) is 17.8. The van der Waals surface area contributed by atoms with Crippen LogP contribution in [0.3, 0.4) is 0 Å². The van der Waals surface area contributed by atoms with Gasteiger partial charge in [-0.05, 0) is 43.2 Å². The van der Waals surface area contributed by atoms with Crippen LogP contribution in [0.25, 0.3) is 5.82 Å². The summed E-state index contributed by atoms with van der Waals surface area (Å²) < 4.78 is 40.2. The predicted molar refractivity (Wildman–Crippen MR) is 110 cm³/mol. The number of ether oxygens (including phenoxy) is 2. The Morgan fingerprint density at radius 2 is 1.93 bits per heavy atom. The molecule has 30 heavy (non-hydrogen) atoms. The SMILES string of the molecule is COc1ccc(Cl)cc1S(=O)(=O)N1CCC(Oc2ccc(-n3cccn3)nn2)CC1. The topological polar surface area (TPSA) is 99.4 Å². The van der Waals surface area contributed by atoms with Crippen LogP contribution in [0.1, 0.15) is 12.8 Å². The molecule has 0 atom stereocenters. The van der Waals surface area contributed by atoms with Gasteiger partial charge < -0.3 is 9.47 Å². The van der Waals surface area contributed by atoms with Crippen molar-refractivity contribution in [2.24, 2.45) is 0 Å². The fraction of sp³-hybridized carbons (Fsp3) is 0.316. The smallest absolute Gasteiger partial charge is 0.246 e. The van der Waals surface area contributed by atoms with Crippen molar-refractivity contribution in [1.29, 1.82) is 0 Å². The van der Waals surface area contributed by atoms with Crippen molar-refractivity contribution >= 4 is 21.6 Å². The Balaban J connectivity index is 1.40. The van der Waals surface area contributed by atoms with Gasteiger partial charge in [-0.1, -0.05) is 11.6 Å². The highest BCUT2D eigenvalue weighted by molar-refractivity contribution is 7.89. The lowest BCUT2D eigenvalue weighted by atomic mass is 10.1. The van der Waals surface area contributed by atoms with Gasteiger partial charge in [0.2, 0.25) is 15.9 Å². The van der Waals surface area contributed by atoms with Gasteiger partial charge in [-0.25, -0.2) is 13.1 Å². The molecule has 0 radical (unpaired) electrons. The lowest BCUT2D eigenvalue weighted by Crippen LogP contribution is -2.41. The molecule has 0 aliphatic carbocycles. The molecule has 0 N–H and O–H groups in total. The van der Waals surface area contributed by atoms with Gasteiger partial charge >= 0.3 is 0 Å². The molecule has 0 unspecified atom stereocenters. The second-order valence-corrected chi connectivity index (χ2v) is 9.04. The zero-order valence-electron chi connectivity index (χ0n) is 16.2. The number of hydrogen-bond donors (Lipinski definition) is 0. The Kier molecular flexibility index (Phi) is 5.89. The highest BCUT2D eigenvalue weighted by Gasteiger charge is 2.32. The second kappa shape index (κ2) is 8.58. The van der Waals surface area contributed by atoms with Crippen molar-refractivity contribution in [3.05, 3.63) is 53.8 Å². The molecule has 158 valence electrons. The van der Waals surface area contributed by atoms with Gasteiger partial charge in [0.15, 0.2) is 5.82 Å². The number of sulfonamides is 1. The van der Waals surface area contributed by atoms with Crippen LogP contribution in [0.15, 0.2) is 53.7 Å². The number of halogens is 1. The minimum Gasteiger partial charge on any atom is -0.495 e. The molecule has 1 saturated heterocycles. The third-order valence-corrected chi connectivity index (χ3v) is 6.95. The van der Waals surface area contributed by atoms with Crippen molar-refractivity contribution in [3.8, 4) is 17.4 Å². The molecular weight excluding hydrogens is 430 g/mol. The molecule has 3 aromatic rings. The molecule has 2 aromatic heterocycles. The zero-order chi connectivity index (χ0) is 21.1. The van der Waals surface area contributed by atoms with Crippen LogP contribution in [0, 0.1) is 0 Å². The van der Waals surface area contributed by atoms with Crippen molar-refractivity contribution in [3.63, 3.8) is 0 Å². The lowest BCUT2D eigenvalue weighted by Gasteiger charge is -2.31. The fourth-order valence-corrected chi connectivity index (χ4v) is 5.14. The first-order chi connectivity index (χ1) is 14.5. The summed E-state index contributed by atoms with van der Waals surface area (Å²) in [4.78, 5) is 0.0666. The summed E-state index contributed by atoms with van der Waals surface area (Å²) in [5, 5.41) is 12.6. The average Bonchev–Trinajstić information content (AvgIpc) is 3.29. The highest BCUT2D eigenvalue weighted by Crippen LogP contribution is 2.31. The Labute approximate surface area is 179 Å². The van der Waals surface area contributed by atoms with Gasteiger partial charge in [0, 0.05) is 36.6 Å². The van der Waals surface area contributed by atoms with Crippen molar-refractivity contribution < 1.29 is 17.9 Å². The van der Waals surface area contributed by atoms with Crippen LogP contribution in [0.2, 0.25) is 5.02 Å². The predicted octanol–water partition coefficient (Wildman–Crippen LogP) is 2.56. The van der Waals surface area contributed by atoms with Crippen LogP contribution in [0.4, 0.5) is 0 Å². The quantitative estimate of drug-likeness (QED) is 0.570. The van der Waals surface area contributed by atoms with Gasteiger partial charge in [0.25, 0.3) is 0 Å². The summed E-state index contributed by atoms with van der Waals surface area (Å²) in [6.07, 6.45) is 4.35. The first kappa shape index (κ1) is 20.6. The Bertz CT molecular complexity index is 1100. The van der Waals surface area contributed by atoms with E-state index < -0.39 is 10.0 Å². The molecular formula is C19H20ClN5O4S. The van der Waals surface area contributed by atoms with Gasteiger partial charge in [-0.2, -0.15) is 9.40 Å². The molecule has 0 spiro atoms. The highest BCUT2D eigenvalue weighted by atomic mass is 35.5. The van der Waals surface area contributed by atoms with Gasteiger partial charge in [-0.15, -0.1) is 10.2 Å². The van der Waals surface area contributed by atoms with Crippen LogP contribution >= 0.6 is 11.6 Å². The molecule has 11 heteroatoms. The summed E-state index contributed by atoms with van der Waals surface area (Å²) in [7, 11) is -2.29. The summed E-state index contributed by atoms with van der Waals surface area (Å²) >= 11 is 6.00. The lowest BCUT2D eigenvalue weighted by molar-refractivity contribution is 0.128. The third kappa shape index (κ3) is 4.25. The maximum absolute atomic E-state index is 13.1. The molecule has 0 amide bonds. The summed E-state index contributed by atoms with van der Waals surface area (Å²) in [6.45, 7) is 0.642. The molecule has 3 heterocycles. The van der Waals surface area contributed by atoms with Crippen molar-refractivity contribution in [1.82, 2.24) is 24.3 Å². The van der Waals surface area contributed by atoms with Gasteiger partial charge in [0.05, 0.1) is 7.11 Å². The summed E-state index contributed by atoms with van der Waals surface area (Å²) in [5.41, 5.74) is 0. The monoisotopic (exact) mass is 449 g/mol. The number of piperidine rings is 1. The Hall–Kier alpha value is -2.69. The van der Waals surface area contributed by atoms with E-state index in [1.807, 2.05) is 0 Å². The Morgan fingerprint density at radius 1 is 1.13 bits per heavy atom. The molecule has 1 fully saturated rings. The Morgan fingerprint density at radius 3 is 2.57 bits per heavy atom. The van der Waals surface area contributed by atoms with E-state index in [1.165, 1.54) is 17.5 Å². The van der Waals surface area contributed by atoms with Crippen LogP contribution in [-0.4, -0.2) is 59.0 Å². The van der Waals surface area contributed by atoms with E-state index in [9.17, 15) is 8.42 Å². The van der Waals surface area contributed by atoms with E-state index in [2.05, 4.69) is 15.3 Å². The first-order valence-corrected chi connectivity index (χ1v) is 11.1. The molecule has 1 aliphatic heterocycles. The number of benzene rings is 1. The van der Waals surface area contributed by atoms with Crippen molar-refractivity contribution in [2.45, 2.75) is 23.8 Å². The molecule has 0 bridgehead atoms. The van der Waals surface area contributed by atoms with Crippen LogP contribution in [-0.2, 0) is 10.0 Å². The molecule has 4 rings (SSSR count). The average molecular weight is 450 g/mol. The normalized spacial score (nSPS) is 15.8. The third-order valence-electron chi connectivity index (χ3n) is 4.80. The number of methoxy groups -OCH3 is 1. The number of rotatable bonds is 6. The van der Waals surface area contributed by atoms with E-state index in [0.29, 0.717) is 42.7 Å². The van der Waals surface area contributed by atoms with Crippen molar-refractivity contribution in [2.75, 3.05) is 20.2 Å². The molecule has 0 saturated carbocycles. The maximum Gasteiger partial charge on any atom is 0.246 e. The molecule has 9 nitrogen and oxygen atoms in total. The minimum absolute atomic E-state index is 0.0666. The van der Waals surface area contributed by atoms with E-state index >= 15 is 0 Å². The molecule has 1 aliphatic rings. The fourth-order valence-electron chi connectivity index (χ4n) is 3.25. The van der Waals surface area contributed by atoms with E-state index in [0.717, 1.165) is 0 Å². The van der Waals surface area contributed by atoms with E-state index in [1.54, 1.807) is 47.4 Å². The summed E-state index contributed by atoms with van der Waals surface area (Å²) in [5.74, 6) is 1.25. The van der Waals surface area contributed by atoms with E-state index in [4.69, 9.17) is 21.1 Å². The largest absolute Gasteiger partial charge is 0.495 e. The van der Waals surface area contributed by atoms with Gasteiger partial charge in [0.1, 0.15) is 16.7 Å². The van der Waals surface area contributed by atoms with Gasteiger partial charge in [-0.3, -0.25) is 0 Å². The number of aromatic nitrogens is 4. The minimum atomic E-state index is -3.72. The standard InChI is InChI=1S/C19H20ClN5O4S/c1-28-16-4-3-14(20)13-17(16)30(26,27)24-11-7-15(8-12-24)29-19-6-5-18(22-23-19)25-10-2-9-21-25/h2-6,9-10,13,15H,7-8,11-12H2,1H3. The number of nitrogens with zero attached hydrogens (tertiary/aromatic N) is 5. The molecule has 1 aromatic carbocycles.